The number of hydrogen-bond acceptors (Lipinski definition) is 5. The molecular weight excluding hydrogens is 226 g/mol. The predicted octanol–water partition coefficient (Wildman–Crippen LogP) is 1.44. The molecular formula is C10H15N3O4. The highest BCUT2D eigenvalue weighted by molar-refractivity contribution is 5.69. The molecule has 1 rings (SSSR count). The van der Waals surface area contributed by atoms with Gasteiger partial charge in [0.25, 0.3) is 0 Å². The van der Waals surface area contributed by atoms with Crippen molar-refractivity contribution in [2.45, 2.75) is 33.2 Å². The molecule has 7 nitrogen and oxygen atoms in total. The average Bonchev–Trinajstić information content (AvgIpc) is 2.60. The summed E-state index contributed by atoms with van der Waals surface area (Å²) in [6, 6.07) is 0. The summed E-state index contributed by atoms with van der Waals surface area (Å²) in [6.45, 7) is 4.06. The number of carbonyl (C=O) groups excluding carboxylic acids is 1. The van der Waals surface area contributed by atoms with Crippen LogP contribution in [0.25, 0.3) is 0 Å². The molecule has 0 N–H and O–H groups in total. The van der Waals surface area contributed by atoms with Gasteiger partial charge in [-0.25, -0.2) is 9.55 Å². The van der Waals surface area contributed by atoms with E-state index in [1.807, 2.05) is 0 Å². The van der Waals surface area contributed by atoms with Crippen molar-refractivity contribution in [3.05, 3.63) is 22.1 Å². The van der Waals surface area contributed by atoms with Crippen LogP contribution in [0, 0.1) is 17.0 Å². The lowest BCUT2D eigenvalue weighted by atomic mass is 10.3. The molecule has 1 aromatic rings. The normalized spacial score (nSPS) is 10.2. The molecule has 0 saturated heterocycles. The Kier molecular flexibility index (Phi) is 4.62. The number of hydrogen-bond donors (Lipinski definition) is 0. The van der Waals surface area contributed by atoms with Gasteiger partial charge in [-0.1, -0.05) is 0 Å². The molecule has 0 fully saturated rings. The molecule has 0 aliphatic rings. The first-order valence-corrected chi connectivity index (χ1v) is 5.38. The maximum absolute atomic E-state index is 11.1. The molecule has 0 aliphatic heterocycles. The Morgan fingerprint density at radius 2 is 2.35 bits per heavy atom. The van der Waals surface area contributed by atoms with Crippen LogP contribution in [0.3, 0.4) is 0 Å². The van der Waals surface area contributed by atoms with E-state index in [0.717, 1.165) is 0 Å². The minimum atomic E-state index is -0.466. The number of nitro groups is 1. The van der Waals surface area contributed by atoms with Crippen LogP contribution < -0.4 is 0 Å². The van der Waals surface area contributed by atoms with Crippen LogP contribution in [0.1, 0.15) is 25.5 Å². The highest BCUT2D eigenvalue weighted by Crippen LogP contribution is 2.16. The van der Waals surface area contributed by atoms with E-state index >= 15 is 0 Å². The van der Waals surface area contributed by atoms with E-state index in [-0.39, 0.29) is 18.2 Å². The summed E-state index contributed by atoms with van der Waals surface area (Å²) in [7, 11) is 0. The highest BCUT2D eigenvalue weighted by atomic mass is 16.6. The quantitative estimate of drug-likeness (QED) is 0.427. The standard InChI is InChI=1S/C10H15N3O4/c1-3-17-9(14)5-4-6-12-7-11-8(2)10(12)13(15)16/h7H,3-6H2,1-2H3. The number of carbonyl (C=O) groups is 1. The number of aryl methyl sites for hydroxylation is 2. The fourth-order valence-electron chi connectivity index (χ4n) is 1.50. The van der Waals surface area contributed by atoms with Gasteiger partial charge in [-0.15, -0.1) is 0 Å². The third kappa shape index (κ3) is 3.54. The number of ether oxygens (including phenoxy) is 1. The van der Waals surface area contributed by atoms with Gasteiger partial charge >= 0.3 is 11.8 Å². The van der Waals surface area contributed by atoms with Gasteiger partial charge < -0.3 is 14.9 Å². The Morgan fingerprint density at radius 1 is 1.65 bits per heavy atom. The first-order valence-electron chi connectivity index (χ1n) is 5.38. The summed E-state index contributed by atoms with van der Waals surface area (Å²) in [6.07, 6.45) is 2.16. The van der Waals surface area contributed by atoms with Gasteiger partial charge in [0.2, 0.25) is 0 Å². The molecule has 0 aromatic carbocycles. The molecule has 17 heavy (non-hydrogen) atoms. The topological polar surface area (TPSA) is 87.3 Å². The van der Waals surface area contributed by atoms with E-state index in [0.29, 0.717) is 25.3 Å². The number of rotatable bonds is 6. The van der Waals surface area contributed by atoms with Crippen molar-refractivity contribution < 1.29 is 14.5 Å². The molecule has 1 heterocycles. The maximum Gasteiger partial charge on any atom is 0.345 e. The van der Waals surface area contributed by atoms with Gasteiger partial charge in [-0.05, 0) is 25.2 Å². The molecule has 0 bridgehead atoms. The summed E-state index contributed by atoms with van der Waals surface area (Å²) in [5.74, 6) is -0.305. The molecule has 94 valence electrons. The molecule has 0 radical (unpaired) electrons. The van der Waals surface area contributed by atoms with E-state index in [2.05, 4.69) is 4.98 Å². The molecule has 0 aliphatic carbocycles. The van der Waals surface area contributed by atoms with Crippen LogP contribution in [-0.2, 0) is 16.1 Å². The Balaban J connectivity index is 2.52. The van der Waals surface area contributed by atoms with Crippen molar-refractivity contribution in [3.8, 4) is 0 Å². The molecule has 1 aromatic heterocycles. The monoisotopic (exact) mass is 241 g/mol. The van der Waals surface area contributed by atoms with Gasteiger partial charge in [0.05, 0.1) is 13.2 Å². The molecule has 0 spiro atoms. The molecule has 0 atom stereocenters. The summed E-state index contributed by atoms with van der Waals surface area (Å²) in [4.78, 5) is 25.2. The zero-order valence-corrected chi connectivity index (χ0v) is 9.88. The molecule has 0 amide bonds. The molecule has 7 heteroatoms. The van der Waals surface area contributed by atoms with Crippen molar-refractivity contribution in [1.82, 2.24) is 9.55 Å². The van der Waals surface area contributed by atoms with Gasteiger partial charge in [0, 0.05) is 6.42 Å². The van der Waals surface area contributed by atoms with Gasteiger partial charge in [0.1, 0.15) is 5.69 Å². The maximum atomic E-state index is 11.1. The predicted molar refractivity (Wildman–Crippen MR) is 59.5 cm³/mol. The van der Waals surface area contributed by atoms with Crippen molar-refractivity contribution >= 4 is 11.8 Å². The lowest BCUT2D eigenvalue weighted by Gasteiger charge is -2.02. The Labute approximate surface area is 98.6 Å². The van der Waals surface area contributed by atoms with Crippen LogP contribution >= 0.6 is 0 Å². The fourth-order valence-corrected chi connectivity index (χ4v) is 1.50. The minimum Gasteiger partial charge on any atom is -0.466 e. The zero-order chi connectivity index (χ0) is 12.8. The van der Waals surface area contributed by atoms with Crippen molar-refractivity contribution in [3.63, 3.8) is 0 Å². The van der Waals surface area contributed by atoms with Gasteiger partial charge in [0.15, 0.2) is 6.33 Å². The number of aromatic nitrogens is 2. The van der Waals surface area contributed by atoms with E-state index in [1.165, 1.54) is 10.9 Å². The second kappa shape index (κ2) is 5.97. The molecule has 0 unspecified atom stereocenters. The van der Waals surface area contributed by atoms with Crippen LogP contribution in [0.5, 0.6) is 0 Å². The Hall–Kier alpha value is -1.92. The van der Waals surface area contributed by atoms with Crippen LogP contribution in [-0.4, -0.2) is 27.1 Å². The van der Waals surface area contributed by atoms with Gasteiger partial charge in [-0.2, -0.15) is 0 Å². The van der Waals surface area contributed by atoms with Crippen LogP contribution in [0.15, 0.2) is 6.33 Å². The van der Waals surface area contributed by atoms with Crippen molar-refractivity contribution in [2.24, 2.45) is 0 Å². The van der Waals surface area contributed by atoms with E-state index < -0.39 is 4.92 Å². The largest absolute Gasteiger partial charge is 0.466 e. The number of esters is 1. The summed E-state index contributed by atoms with van der Waals surface area (Å²) in [5, 5.41) is 10.8. The first-order chi connectivity index (χ1) is 8.06. The Bertz CT molecular complexity index is 414. The smallest absolute Gasteiger partial charge is 0.345 e. The Morgan fingerprint density at radius 3 is 2.94 bits per heavy atom. The lowest BCUT2D eigenvalue weighted by Crippen LogP contribution is -2.07. The number of nitrogens with zero attached hydrogens (tertiary/aromatic N) is 3. The molecule has 0 saturated carbocycles. The van der Waals surface area contributed by atoms with E-state index in [1.54, 1.807) is 13.8 Å². The first kappa shape index (κ1) is 13.1. The summed E-state index contributed by atoms with van der Waals surface area (Å²) in [5.41, 5.74) is 0.381. The van der Waals surface area contributed by atoms with Gasteiger partial charge in [-0.3, -0.25) is 4.79 Å². The van der Waals surface area contributed by atoms with Crippen molar-refractivity contribution in [1.29, 1.82) is 0 Å². The third-order valence-electron chi connectivity index (χ3n) is 2.24. The van der Waals surface area contributed by atoms with E-state index in [9.17, 15) is 14.9 Å². The van der Waals surface area contributed by atoms with Crippen LogP contribution in [0.4, 0.5) is 5.82 Å². The summed E-state index contributed by atoms with van der Waals surface area (Å²) < 4.78 is 6.20. The summed E-state index contributed by atoms with van der Waals surface area (Å²) >= 11 is 0. The van der Waals surface area contributed by atoms with Crippen molar-refractivity contribution in [2.75, 3.05) is 6.61 Å². The zero-order valence-electron chi connectivity index (χ0n) is 9.88. The SMILES string of the molecule is CCOC(=O)CCCn1cnc(C)c1[N+](=O)[O-]. The van der Waals surface area contributed by atoms with E-state index in [4.69, 9.17) is 4.74 Å². The third-order valence-corrected chi connectivity index (χ3v) is 2.24. The number of imidazole rings is 1. The average molecular weight is 241 g/mol. The fraction of sp³-hybridized carbons (Fsp3) is 0.600. The lowest BCUT2D eigenvalue weighted by molar-refractivity contribution is -0.392. The van der Waals surface area contributed by atoms with Crippen LogP contribution in [0.2, 0.25) is 0 Å². The highest BCUT2D eigenvalue weighted by Gasteiger charge is 2.18. The minimum absolute atomic E-state index is 0.0196. The second-order valence-corrected chi connectivity index (χ2v) is 3.51. The second-order valence-electron chi connectivity index (χ2n) is 3.51.